The van der Waals surface area contributed by atoms with Crippen molar-refractivity contribution in [3.8, 4) is 0 Å². The lowest BCUT2D eigenvalue weighted by atomic mass is 9.90. The largest absolute Gasteiger partial charge is 0.396 e. The first-order valence-electron chi connectivity index (χ1n) is 5.86. The maximum absolute atomic E-state index is 11.9. The second-order valence-electron chi connectivity index (χ2n) is 5.11. The third-order valence-electron chi connectivity index (χ3n) is 3.75. The topological polar surface area (TPSA) is 84.6 Å². The summed E-state index contributed by atoms with van der Waals surface area (Å²) < 4.78 is 5.19. The Morgan fingerprint density at radius 1 is 1.31 bits per heavy atom. The zero-order valence-corrected chi connectivity index (χ0v) is 9.50. The van der Waals surface area contributed by atoms with E-state index in [2.05, 4.69) is 5.32 Å². The fraction of sp³-hybridized carbons (Fsp3) is 0.909. The highest BCUT2D eigenvalue weighted by Gasteiger charge is 2.44. The highest BCUT2D eigenvalue weighted by molar-refractivity contribution is 5.86. The van der Waals surface area contributed by atoms with E-state index in [4.69, 9.17) is 15.6 Å². The number of nitrogens with two attached hydrogens (primary N) is 1. The summed E-state index contributed by atoms with van der Waals surface area (Å²) in [5.74, 6) is -0.101. The molecule has 1 amide bonds. The SMILES string of the molecule is NC1(C(=O)NCC2(CO)CC2)CCOCC1. The minimum atomic E-state index is -0.774. The van der Waals surface area contributed by atoms with Crippen molar-refractivity contribution in [2.75, 3.05) is 26.4 Å². The van der Waals surface area contributed by atoms with Gasteiger partial charge in [0, 0.05) is 25.2 Å². The molecule has 2 rings (SSSR count). The molecule has 2 fully saturated rings. The predicted octanol–water partition coefficient (Wildman–Crippen LogP) is -0.617. The van der Waals surface area contributed by atoms with Crippen LogP contribution in [0.15, 0.2) is 0 Å². The first kappa shape index (κ1) is 11.8. The highest BCUT2D eigenvalue weighted by Crippen LogP contribution is 2.44. The summed E-state index contributed by atoms with van der Waals surface area (Å²) in [5.41, 5.74) is 5.21. The second-order valence-corrected chi connectivity index (χ2v) is 5.11. The van der Waals surface area contributed by atoms with Gasteiger partial charge in [0.05, 0.1) is 12.1 Å². The molecular formula is C11H20N2O3. The third-order valence-corrected chi connectivity index (χ3v) is 3.75. The fourth-order valence-electron chi connectivity index (χ4n) is 1.97. The molecule has 4 N–H and O–H groups in total. The first-order valence-corrected chi connectivity index (χ1v) is 5.86. The van der Waals surface area contributed by atoms with E-state index in [0.717, 1.165) is 12.8 Å². The van der Waals surface area contributed by atoms with Crippen molar-refractivity contribution in [3.05, 3.63) is 0 Å². The molecule has 2 aliphatic rings. The number of nitrogens with one attached hydrogen (secondary N) is 1. The van der Waals surface area contributed by atoms with Crippen molar-refractivity contribution >= 4 is 5.91 Å². The number of carbonyl (C=O) groups excluding carboxylic acids is 1. The van der Waals surface area contributed by atoms with Gasteiger partial charge in [-0.3, -0.25) is 4.79 Å². The number of aliphatic hydroxyl groups excluding tert-OH is 1. The van der Waals surface area contributed by atoms with Gasteiger partial charge in [-0.2, -0.15) is 0 Å². The molecule has 0 bridgehead atoms. The Morgan fingerprint density at radius 3 is 2.44 bits per heavy atom. The third kappa shape index (κ3) is 2.36. The molecule has 16 heavy (non-hydrogen) atoms. The summed E-state index contributed by atoms with van der Waals surface area (Å²) >= 11 is 0. The van der Waals surface area contributed by atoms with E-state index in [-0.39, 0.29) is 17.9 Å². The predicted molar refractivity (Wildman–Crippen MR) is 58.7 cm³/mol. The van der Waals surface area contributed by atoms with Gasteiger partial charge >= 0.3 is 0 Å². The second kappa shape index (κ2) is 4.31. The zero-order chi connectivity index (χ0) is 11.6. The molecule has 1 aliphatic heterocycles. The Morgan fingerprint density at radius 2 is 1.94 bits per heavy atom. The molecule has 1 saturated heterocycles. The van der Waals surface area contributed by atoms with Crippen molar-refractivity contribution in [3.63, 3.8) is 0 Å². The van der Waals surface area contributed by atoms with Gasteiger partial charge in [-0.05, 0) is 25.7 Å². The van der Waals surface area contributed by atoms with Gasteiger partial charge in [0.25, 0.3) is 0 Å². The van der Waals surface area contributed by atoms with Crippen molar-refractivity contribution in [1.29, 1.82) is 0 Å². The van der Waals surface area contributed by atoms with Gasteiger partial charge in [0.1, 0.15) is 0 Å². The number of hydrogen-bond donors (Lipinski definition) is 3. The van der Waals surface area contributed by atoms with Crippen molar-refractivity contribution < 1.29 is 14.6 Å². The lowest BCUT2D eigenvalue weighted by molar-refractivity contribution is -0.130. The molecule has 0 unspecified atom stereocenters. The van der Waals surface area contributed by atoms with Gasteiger partial charge in [-0.25, -0.2) is 0 Å². The van der Waals surface area contributed by atoms with Gasteiger partial charge in [-0.15, -0.1) is 0 Å². The Hall–Kier alpha value is -0.650. The van der Waals surface area contributed by atoms with E-state index in [1.165, 1.54) is 0 Å². The Balaban J connectivity index is 1.82. The smallest absolute Gasteiger partial charge is 0.240 e. The van der Waals surface area contributed by atoms with E-state index in [1.807, 2.05) is 0 Å². The van der Waals surface area contributed by atoms with Crippen molar-refractivity contribution in [2.24, 2.45) is 11.1 Å². The summed E-state index contributed by atoms with van der Waals surface area (Å²) in [7, 11) is 0. The number of hydrogen-bond acceptors (Lipinski definition) is 4. The monoisotopic (exact) mass is 228 g/mol. The number of carbonyl (C=O) groups is 1. The average Bonchev–Trinajstić information content (AvgIpc) is 3.07. The van der Waals surface area contributed by atoms with Crippen LogP contribution in [0.5, 0.6) is 0 Å². The standard InChI is InChI=1S/C11H20N2O3/c12-11(3-5-16-6-4-11)9(15)13-7-10(8-14)1-2-10/h14H,1-8,12H2,(H,13,15). The maximum atomic E-state index is 11.9. The Kier molecular flexibility index (Phi) is 3.19. The first-order chi connectivity index (χ1) is 7.60. The van der Waals surface area contributed by atoms with Crippen LogP contribution in [0.3, 0.4) is 0 Å². The summed E-state index contributed by atoms with van der Waals surface area (Å²) in [6, 6.07) is 0. The summed E-state index contributed by atoms with van der Waals surface area (Å²) in [6.45, 7) is 1.79. The zero-order valence-electron chi connectivity index (χ0n) is 9.50. The van der Waals surface area contributed by atoms with Crippen LogP contribution in [0.4, 0.5) is 0 Å². The molecule has 0 aromatic carbocycles. The maximum Gasteiger partial charge on any atom is 0.240 e. The van der Waals surface area contributed by atoms with Gasteiger partial charge in [-0.1, -0.05) is 0 Å². The molecular weight excluding hydrogens is 208 g/mol. The van der Waals surface area contributed by atoms with E-state index >= 15 is 0 Å². The normalized spacial score (nSPS) is 26.1. The van der Waals surface area contributed by atoms with Crippen LogP contribution in [0.1, 0.15) is 25.7 Å². The minimum Gasteiger partial charge on any atom is -0.396 e. The lowest BCUT2D eigenvalue weighted by Gasteiger charge is -2.32. The number of ether oxygens (including phenoxy) is 1. The molecule has 1 aliphatic carbocycles. The highest BCUT2D eigenvalue weighted by atomic mass is 16.5. The summed E-state index contributed by atoms with van der Waals surface area (Å²) in [5, 5.41) is 12.0. The Bertz CT molecular complexity index is 270. The quantitative estimate of drug-likeness (QED) is 0.599. The van der Waals surface area contributed by atoms with Crippen molar-refractivity contribution in [1.82, 2.24) is 5.32 Å². The molecule has 0 radical (unpaired) electrons. The van der Waals surface area contributed by atoms with Crippen LogP contribution < -0.4 is 11.1 Å². The van der Waals surface area contributed by atoms with Crippen LogP contribution >= 0.6 is 0 Å². The van der Waals surface area contributed by atoms with E-state index < -0.39 is 5.54 Å². The van der Waals surface area contributed by atoms with Crippen LogP contribution in [-0.2, 0) is 9.53 Å². The van der Waals surface area contributed by atoms with Crippen LogP contribution in [0.25, 0.3) is 0 Å². The molecule has 0 spiro atoms. The van der Waals surface area contributed by atoms with Crippen molar-refractivity contribution in [2.45, 2.75) is 31.2 Å². The molecule has 1 saturated carbocycles. The van der Waals surface area contributed by atoms with Gasteiger partial charge in [0.15, 0.2) is 0 Å². The molecule has 92 valence electrons. The van der Waals surface area contributed by atoms with Gasteiger partial charge < -0.3 is 20.9 Å². The number of amides is 1. The Labute approximate surface area is 95.3 Å². The lowest BCUT2D eigenvalue weighted by Crippen LogP contribution is -2.57. The van der Waals surface area contributed by atoms with E-state index in [1.54, 1.807) is 0 Å². The van der Waals surface area contributed by atoms with Crippen LogP contribution in [-0.4, -0.2) is 42.9 Å². The molecule has 1 heterocycles. The van der Waals surface area contributed by atoms with E-state index in [0.29, 0.717) is 32.6 Å². The fourth-order valence-corrected chi connectivity index (χ4v) is 1.97. The molecule has 0 atom stereocenters. The number of rotatable bonds is 4. The molecule has 5 nitrogen and oxygen atoms in total. The minimum absolute atomic E-state index is 0.0583. The number of aliphatic hydroxyl groups is 1. The average molecular weight is 228 g/mol. The molecule has 0 aromatic rings. The van der Waals surface area contributed by atoms with Crippen LogP contribution in [0, 0.1) is 5.41 Å². The summed E-state index contributed by atoms with van der Waals surface area (Å²) in [4.78, 5) is 11.9. The van der Waals surface area contributed by atoms with E-state index in [9.17, 15) is 4.79 Å². The van der Waals surface area contributed by atoms with Gasteiger partial charge in [0.2, 0.25) is 5.91 Å². The summed E-state index contributed by atoms with van der Waals surface area (Å²) in [6.07, 6.45) is 3.13. The molecule has 5 heteroatoms. The van der Waals surface area contributed by atoms with Crippen LogP contribution in [0.2, 0.25) is 0 Å². The molecule has 0 aromatic heterocycles.